The molecule has 0 bridgehead atoms. The normalized spacial score (nSPS) is 26.0. The van der Waals surface area contributed by atoms with Gasteiger partial charge in [-0.15, -0.1) is 0 Å². The highest BCUT2D eigenvalue weighted by molar-refractivity contribution is 5.91. The maximum atomic E-state index is 13.0. The second-order valence-corrected chi connectivity index (χ2v) is 8.55. The number of ether oxygens (including phenoxy) is 1. The van der Waals surface area contributed by atoms with Gasteiger partial charge in [-0.1, -0.05) is 12.1 Å². The molecule has 0 atom stereocenters. The minimum absolute atomic E-state index is 0.137. The van der Waals surface area contributed by atoms with Crippen molar-refractivity contribution in [3.05, 3.63) is 29.8 Å². The Hall–Kier alpha value is -2.28. The Balaban J connectivity index is 1.35. The smallest absolute Gasteiger partial charge is 0.409 e. The van der Waals surface area contributed by atoms with E-state index in [1.807, 2.05) is 0 Å². The van der Waals surface area contributed by atoms with Crippen molar-refractivity contribution in [3.8, 4) is 0 Å². The third-order valence-electron chi connectivity index (χ3n) is 6.71. The van der Waals surface area contributed by atoms with Crippen molar-refractivity contribution < 1.29 is 19.4 Å². The molecule has 1 heterocycles. The molecule has 1 aromatic carbocycles. The van der Waals surface area contributed by atoms with Crippen molar-refractivity contribution >= 4 is 17.7 Å². The fourth-order valence-electron chi connectivity index (χ4n) is 4.58. The molecule has 4 rings (SSSR count). The maximum absolute atomic E-state index is 13.0. The van der Waals surface area contributed by atoms with Crippen LogP contribution in [0.4, 0.5) is 10.5 Å². The Kier molecular flexibility index (Phi) is 5.67. The molecule has 7 nitrogen and oxygen atoms in total. The summed E-state index contributed by atoms with van der Waals surface area (Å²) in [6.07, 6.45) is 4.58. The topological polar surface area (TPSA) is 82.1 Å². The second kappa shape index (κ2) is 8.22. The van der Waals surface area contributed by atoms with Crippen molar-refractivity contribution in [3.63, 3.8) is 0 Å². The lowest BCUT2D eigenvalue weighted by molar-refractivity contribution is -0.124. The van der Waals surface area contributed by atoms with E-state index in [2.05, 4.69) is 34.5 Å². The monoisotopic (exact) mass is 401 g/mol. The number of carbonyl (C=O) groups excluding carboxylic acids is 2. The summed E-state index contributed by atoms with van der Waals surface area (Å²) in [7, 11) is 1.41. The number of aliphatic hydroxyl groups excluding tert-OH is 1. The van der Waals surface area contributed by atoms with Crippen LogP contribution in [0.15, 0.2) is 24.3 Å². The quantitative estimate of drug-likeness (QED) is 0.807. The third-order valence-corrected chi connectivity index (χ3v) is 6.71. The van der Waals surface area contributed by atoms with Crippen LogP contribution in [0.25, 0.3) is 0 Å². The largest absolute Gasteiger partial charge is 0.453 e. The molecule has 0 spiro atoms. The van der Waals surface area contributed by atoms with Crippen LogP contribution in [-0.4, -0.2) is 67.4 Å². The average molecular weight is 402 g/mol. The highest BCUT2D eigenvalue weighted by Crippen LogP contribution is 2.49. The molecular weight excluding hydrogens is 370 g/mol. The van der Waals surface area contributed by atoms with Crippen LogP contribution in [0.3, 0.4) is 0 Å². The van der Waals surface area contributed by atoms with Crippen LogP contribution in [0.2, 0.25) is 0 Å². The molecule has 29 heavy (non-hydrogen) atoms. The number of carbonyl (C=O) groups is 2. The van der Waals surface area contributed by atoms with Gasteiger partial charge in [0.1, 0.15) is 0 Å². The van der Waals surface area contributed by atoms with Gasteiger partial charge in [0.2, 0.25) is 5.91 Å². The van der Waals surface area contributed by atoms with E-state index < -0.39 is 0 Å². The van der Waals surface area contributed by atoms with Crippen LogP contribution < -0.4 is 10.2 Å². The number of rotatable bonds is 4. The number of benzene rings is 1. The molecule has 0 radical (unpaired) electrons. The number of nitrogens with zero attached hydrogens (tertiary/aromatic N) is 2. The standard InChI is InChI=1S/C22H31N3O4/c1-29-21(28)25-14-12-24(13-15-25)18-6-2-16(3-7-18)22(10-11-22)20(27)23-17-4-8-19(26)9-5-17/h2-3,6-7,17,19,26H,4-5,8-15H2,1H3,(H,23,27)/t17-,19-. The molecule has 158 valence electrons. The SMILES string of the molecule is COC(=O)N1CCN(c2ccc(C3(C(=O)N[C@H]4CC[C@H](O)CC4)CC3)cc2)CC1. The Labute approximate surface area is 172 Å². The first-order valence-electron chi connectivity index (χ1n) is 10.7. The van der Waals surface area contributed by atoms with Gasteiger partial charge >= 0.3 is 6.09 Å². The molecule has 7 heteroatoms. The lowest BCUT2D eigenvalue weighted by Crippen LogP contribution is -2.48. The molecular formula is C22H31N3O4. The van der Waals surface area contributed by atoms with Gasteiger partial charge in [-0.2, -0.15) is 0 Å². The highest BCUT2D eigenvalue weighted by atomic mass is 16.5. The summed E-state index contributed by atoms with van der Waals surface area (Å²) in [5, 5.41) is 12.9. The number of aliphatic hydroxyl groups is 1. The van der Waals surface area contributed by atoms with Crippen molar-refractivity contribution in [2.45, 2.75) is 56.1 Å². The maximum Gasteiger partial charge on any atom is 0.409 e. The average Bonchev–Trinajstić information content (AvgIpc) is 3.57. The molecule has 3 fully saturated rings. The molecule has 2 amide bonds. The summed E-state index contributed by atoms with van der Waals surface area (Å²) < 4.78 is 4.79. The summed E-state index contributed by atoms with van der Waals surface area (Å²) in [6, 6.07) is 8.54. The predicted molar refractivity (Wildman–Crippen MR) is 110 cm³/mol. The van der Waals surface area contributed by atoms with Crippen LogP contribution in [0.5, 0.6) is 0 Å². The van der Waals surface area contributed by atoms with Crippen LogP contribution in [-0.2, 0) is 14.9 Å². The molecule has 3 aliphatic rings. The van der Waals surface area contributed by atoms with Crippen molar-refractivity contribution in [1.82, 2.24) is 10.2 Å². The third kappa shape index (κ3) is 4.20. The summed E-state index contributed by atoms with van der Waals surface area (Å²) >= 11 is 0. The van der Waals surface area contributed by atoms with Crippen LogP contribution >= 0.6 is 0 Å². The van der Waals surface area contributed by atoms with E-state index >= 15 is 0 Å². The zero-order chi connectivity index (χ0) is 20.4. The summed E-state index contributed by atoms with van der Waals surface area (Å²) in [5.41, 5.74) is 1.83. The number of anilines is 1. The number of piperazine rings is 1. The fourth-order valence-corrected chi connectivity index (χ4v) is 4.58. The summed E-state index contributed by atoms with van der Waals surface area (Å²) in [5.74, 6) is 0.137. The molecule has 0 unspecified atom stereocenters. The van der Waals surface area contributed by atoms with E-state index in [-0.39, 0.29) is 29.6 Å². The lowest BCUT2D eigenvalue weighted by atomic mass is 9.90. The van der Waals surface area contributed by atoms with Gasteiger partial charge in [0.25, 0.3) is 0 Å². The first-order valence-corrected chi connectivity index (χ1v) is 10.7. The van der Waals surface area contributed by atoms with E-state index in [4.69, 9.17) is 4.74 Å². The number of methoxy groups -OCH3 is 1. The van der Waals surface area contributed by atoms with Gasteiger partial charge in [0.15, 0.2) is 0 Å². The Morgan fingerprint density at radius 2 is 1.66 bits per heavy atom. The van der Waals surface area contributed by atoms with Gasteiger partial charge < -0.3 is 25.0 Å². The first-order chi connectivity index (χ1) is 14.0. The van der Waals surface area contributed by atoms with Crippen molar-refractivity contribution in [2.75, 3.05) is 38.2 Å². The van der Waals surface area contributed by atoms with Crippen molar-refractivity contribution in [2.24, 2.45) is 0 Å². The van der Waals surface area contributed by atoms with Crippen LogP contribution in [0.1, 0.15) is 44.1 Å². The van der Waals surface area contributed by atoms with E-state index in [0.29, 0.717) is 13.1 Å². The molecule has 1 aromatic rings. The number of nitrogens with one attached hydrogen (secondary N) is 1. The number of hydrogen-bond acceptors (Lipinski definition) is 5. The van der Waals surface area contributed by atoms with Crippen molar-refractivity contribution in [1.29, 1.82) is 0 Å². The highest BCUT2D eigenvalue weighted by Gasteiger charge is 2.51. The van der Waals surface area contributed by atoms with Gasteiger partial charge in [0.05, 0.1) is 18.6 Å². The molecule has 2 saturated carbocycles. The van der Waals surface area contributed by atoms with Gasteiger partial charge in [-0.05, 0) is 56.2 Å². The number of amides is 2. The van der Waals surface area contributed by atoms with Crippen LogP contribution in [0, 0.1) is 0 Å². The minimum Gasteiger partial charge on any atom is -0.453 e. The molecule has 1 saturated heterocycles. The Bertz CT molecular complexity index is 731. The van der Waals surface area contributed by atoms with Gasteiger partial charge in [-0.25, -0.2) is 4.79 Å². The Morgan fingerprint density at radius 3 is 2.21 bits per heavy atom. The van der Waals surface area contributed by atoms with Gasteiger partial charge in [0, 0.05) is 37.9 Å². The summed E-state index contributed by atoms with van der Waals surface area (Å²) in [4.78, 5) is 28.6. The Morgan fingerprint density at radius 1 is 1.03 bits per heavy atom. The second-order valence-electron chi connectivity index (χ2n) is 8.55. The zero-order valence-corrected chi connectivity index (χ0v) is 17.1. The first kappa shape index (κ1) is 20.0. The van der Waals surface area contributed by atoms with E-state index in [1.54, 1.807) is 4.90 Å². The van der Waals surface area contributed by atoms with E-state index in [1.165, 1.54) is 7.11 Å². The predicted octanol–water partition coefficient (Wildman–Crippen LogP) is 2.03. The van der Waals surface area contributed by atoms with E-state index in [9.17, 15) is 14.7 Å². The minimum atomic E-state index is -0.377. The number of hydrogen-bond donors (Lipinski definition) is 2. The molecule has 2 N–H and O–H groups in total. The molecule has 0 aromatic heterocycles. The lowest BCUT2D eigenvalue weighted by Gasteiger charge is -2.35. The summed E-state index contributed by atoms with van der Waals surface area (Å²) in [6.45, 7) is 2.84. The molecule has 1 aliphatic heterocycles. The van der Waals surface area contributed by atoms with E-state index in [0.717, 1.165) is 62.9 Å². The molecule has 2 aliphatic carbocycles. The van der Waals surface area contributed by atoms with Gasteiger partial charge in [-0.3, -0.25) is 4.79 Å². The fraction of sp³-hybridized carbons (Fsp3) is 0.636. The zero-order valence-electron chi connectivity index (χ0n) is 17.1.